The summed E-state index contributed by atoms with van der Waals surface area (Å²) < 4.78 is 25.3. The van der Waals surface area contributed by atoms with Crippen molar-refractivity contribution in [3.05, 3.63) is 24.3 Å². The van der Waals surface area contributed by atoms with Gasteiger partial charge in [-0.15, -0.1) is 11.6 Å². The third-order valence-electron chi connectivity index (χ3n) is 2.28. The number of rotatable bonds is 5. The monoisotopic (exact) mass is 290 g/mol. The second kappa shape index (κ2) is 6.17. The summed E-state index contributed by atoms with van der Waals surface area (Å²) >= 11 is 5.52. The third kappa shape index (κ3) is 3.69. The van der Waals surface area contributed by atoms with Gasteiger partial charge >= 0.3 is 0 Å². The molecule has 1 amide bonds. The molecule has 0 spiro atoms. The van der Waals surface area contributed by atoms with E-state index < -0.39 is 10.0 Å². The molecule has 0 aliphatic heterocycles. The van der Waals surface area contributed by atoms with Crippen LogP contribution in [0.2, 0.25) is 0 Å². The zero-order valence-corrected chi connectivity index (χ0v) is 11.8. The second-order valence-electron chi connectivity index (χ2n) is 3.72. The number of hydrogen-bond acceptors (Lipinski definition) is 3. The number of benzene rings is 1. The Morgan fingerprint density at radius 2 is 1.89 bits per heavy atom. The molecule has 18 heavy (non-hydrogen) atoms. The lowest BCUT2D eigenvalue weighted by Gasteiger charge is -2.15. The Labute approximate surface area is 112 Å². The lowest BCUT2D eigenvalue weighted by molar-refractivity contribution is -0.114. The van der Waals surface area contributed by atoms with Crippen molar-refractivity contribution < 1.29 is 13.2 Å². The van der Waals surface area contributed by atoms with Crippen LogP contribution in [0.5, 0.6) is 0 Å². The van der Waals surface area contributed by atoms with E-state index >= 15 is 0 Å². The molecule has 0 saturated heterocycles. The molecule has 0 heterocycles. The second-order valence-corrected chi connectivity index (χ2v) is 6.14. The molecular formula is C11H15ClN2O3S. The predicted molar refractivity (Wildman–Crippen MR) is 71.3 cm³/mol. The Bertz CT molecular complexity index is 514. The van der Waals surface area contributed by atoms with Gasteiger partial charge in [0.2, 0.25) is 15.9 Å². The summed E-state index contributed by atoms with van der Waals surface area (Å²) in [6.07, 6.45) is 0. The van der Waals surface area contributed by atoms with Crippen LogP contribution in [-0.2, 0) is 14.8 Å². The highest BCUT2D eigenvalue weighted by Crippen LogP contribution is 2.17. The smallest absolute Gasteiger partial charge is 0.242 e. The van der Waals surface area contributed by atoms with Crippen LogP contribution < -0.4 is 5.32 Å². The van der Waals surface area contributed by atoms with Gasteiger partial charge in [-0.1, -0.05) is 0 Å². The van der Waals surface area contributed by atoms with Gasteiger partial charge in [-0.05, 0) is 24.3 Å². The van der Waals surface area contributed by atoms with Crippen LogP contribution >= 0.6 is 11.6 Å². The maximum absolute atomic E-state index is 12.0. The molecule has 1 aromatic carbocycles. The minimum absolute atomic E-state index is 0.171. The minimum atomic E-state index is -3.51. The Balaban J connectivity index is 2.94. The first-order chi connectivity index (χ1) is 8.37. The van der Waals surface area contributed by atoms with E-state index in [0.29, 0.717) is 5.69 Å². The van der Waals surface area contributed by atoms with E-state index in [1.807, 2.05) is 0 Å². The van der Waals surface area contributed by atoms with Gasteiger partial charge in [-0.2, -0.15) is 4.31 Å². The van der Waals surface area contributed by atoms with Gasteiger partial charge in [0.15, 0.2) is 0 Å². The van der Waals surface area contributed by atoms with Crippen LogP contribution in [0.4, 0.5) is 5.69 Å². The van der Waals surface area contributed by atoms with Crippen molar-refractivity contribution in [3.63, 3.8) is 0 Å². The van der Waals surface area contributed by atoms with E-state index in [-0.39, 0.29) is 23.2 Å². The molecule has 0 radical (unpaired) electrons. The molecule has 100 valence electrons. The molecule has 0 fully saturated rings. The van der Waals surface area contributed by atoms with Crippen molar-refractivity contribution in [1.82, 2.24) is 4.31 Å². The minimum Gasteiger partial charge on any atom is -0.326 e. The van der Waals surface area contributed by atoms with Crippen LogP contribution in [-0.4, -0.2) is 38.1 Å². The van der Waals surface area contributed by atoms with Gasteiger partial charge in [-0.3, -0.25) is 4.79 Å². The number of anilines is 1. The maximum Gasteiger partial charge on any atom is 0.242 e. The van der Waals surface area contributed by atoms with E-state index in [1.54, 1.807) is 12.1 Å². The SMILES string of the molecule is CC(=O)Nc1ccc(S(=O)(=O)N(C)CCCl)cc1. The molecule has 0 unspecified atom stereocenters. The third-order valence-corrected chi connectivity index (χ3v) is 4.32. The number of amides is 1. The van der Waals surface area contributed by atoms with E-state index in [4.69, 9.17) is 11.6 Å². The summed E-state index contributed by atoms with van der Waals surface area (Å²) in [5.74, 6) is 0.0320. The Morgan fingerprint density at radius 1 is 1.33 bits per heavy atom. The molecule has 0 bridgehead atoms. The summed E-state index contributed by atoms with van der Waals surface area (Å²) in [5.41, 5.74) is 0.557. The normalized spacial score (nSPS) is 11.6. The Hall–Kier alpha value is -1.11. The number of halogens is 1. The van der Waals surface area contributed by atoms with Crippen molar-refractivity contribution in [2.75, 3.05) is 24.8 Å². The predicted octanol–water partition coefficient (Wildman–Crippen LogP) is 1.50. The molecule has 0 aliphatic carbocycles. The molecule has 0 saturated carbocycles. The van der Waals surface area contributed by atoms with Gasteiger partial charge < -0.3 is 5.32 Å². The van der Waals surface area contributed by atoms with Crippen molar-refractivity contribution in [3.8, 4) is 0 Å². The number of alkyl halides is 1. The summed E-state index contributed by atoms with van der Waals surface area (Å²) in [5, 5.41) is 2.57. The first-order valence-electron chi connectivity index (χ1n) is 5.28. The maximum atomic E-state index is 12.0. The zero-order valence-electron chi connectivity index (χ0n) is 10.2. The van der Waals surface area contributed by atoms with Crippen LogP contribution in [0, 0.1) is 0 Å². The van der Waals surface area contributed by atoms with Gasteiger partial charge in [0.1, 0.15) is 0 Å². The topological polar surface area (TPSA) is 66.5 Å². The molecular weight excluding hydrogens is 276 g/mol. The first-order valence-corrected chi connectivity index (χ1v) is 7.25. The Morgan fingerprint density at radius 3 is 2.33 bits per heavy atom. The number of carbonyl (C=O) groups excluding carboxylic acids is 1. The van der Waals surface area contributed by atoms with Gasteiger partial charge in [-0.25, -0.2) is 8.42 Å². The highest BCUT2D eigenvalue weighted by molar-refractivity contribution is 7.89. The van der Waals surface area contributed by atoms with Crippen LogP contribution in [0.25, 0.3) is 0 Å². The summed E-state index contributed by atoms with van der Waals surface area (Å²) in [6.45, 7) is 1.64. The molecule has 1 N–H and O–H groups in total. The highest BCUT2D eigenvalue weighted by atomic mass is 35.5. The van der Waals surface area contributed by atoms with Crippen molar-refractivity contribution >= 4 is 33.2 Å². The Kier molecular flexibility index (Phi) is 5.13. The first kappa shape index (κ1) is 14.9. The van der Waals surface area contributed by atoms with Gasteiger partial charge in [0, 0.05) is 32.1 Å². The molecule has 0 atom stereocenters. The van der Waals surface area contributed by atoms with Crippen molar-refractivity contribution in [2.45, 2.75) is 11.8 Å². The molecule has 0 aromatic heterocycles. The molecule has 7 heteroatoms. The summed E-state index contributed by atoms with van der Waals surface area (Å²) in [4.78, 5) is 11.0. The van der Waals surface area contributed by atoms with Gasteiger partial charge in [0.25, 0.3) is 0 Å². The molecule has 5 nitrogen and oxygen atoms in total. The van der Waals surface area contributed by atoms with E-state index in [2.05, 4.69) is 5.32 Å². The molecule has 1 aromatic rings. The van der Waals surface area contributed by atoms with Crippen LogP contribution in [0.3, 0.4) is 0 Å². The molecule has 1 rings (SSSR count). The van der Waals surface area contributed by atoms with Crippen molar-refractivity contribution in [2.24, 2.45) is 0 Å². The fourth-order valence-corrected chi connectivity index (χ4v) is 2.86. The zero-order chi connectivity index (χ0) is 13.8. The highest BCUT2D eigenvalue weighted by Gasteiger charge is 2.19. The van der Waals surface area contributed by atoms with Gasteiger partial charge in [0.05, 0.1) is 4.90 Å². The number of hydrogen-bond donors (Lipinski definition) is 1. The number of nitrogens with one attached hydrogen (secondary N) is 1. The standard InChI is InChI=1S/C11H15ClN2O3S/c1-9(15)13-10-3-5-11(6-4-10)18(16,17)14(2)8-7-12/h3-6H,7-8H2,1-2H3,(H,13,15). The van der Waals surface area contributed by atoms with E-state index in [9.17, 15) is 13.2 Å². The lowest BCUT2D eigenvalue weighted by Crippen LogP contribution is -2.28. The lowest BCUT2D eigenvalue weighted by atomic mass is 10.3. The quantitative estimate of drug-likeness (QED) is 0.836. The largest absolute Gasteiger partial charge is 0.326 e. The molecule has 0 aliphatic rings. The summed E-state index contributed by atoms with van der Waals surface area (Å²) in [7, 11) is -2.04. The average Bonchev–Trinajstić information content (AvgIpc) is 2.29. The number of sulfonamides is 1. The fourth-order valence-electron chi connectivity index (χ4n) is 1.33. The van der Waals surface area contributed by atoms with Crippen molar-refractivity contribution in [1.29, 1.82) is 0 Å². The van der Waals surface area contributed by atoms with Crippen LogP contribution in [0.1, 0.15) is 6.92 Å². The van der Waals surface area contributed by atoms with E-state index in [0.717, 1.165) is 0 Å². The average molecular weight is 291 g/mol. The number of carbonyl (C=O) groups is 1. The fraction of sp³-hybridized carbons (Fsp3) is 0.364. The van der Waals surface area contributed by atoms with E-state index in [1.165, 1.54) is 30.4 Å². The van der Waals surface area contributed by atoms with Crippen LogP contribution in [0.15, 0.2) is 29.2 Å². The number of nitrogens with zero attached hydrogens (tertiary/aromatic N) is 1. The summed E-state index contributed by atoms with van der Waals surface area (Å²) in [6, 6.07) is 5.99.